The maximum atomic E-state index is 10.2. The van der Waals surface area contributed by atoms with Crippen molar-refractivity contribution in [2.75, 3.05) is 0 Å². The molecule has 0 heterocycles. The Morgan fingerprint density at radius 1 is 0.521 bits per heavy atom. The molecule has 0 amide bonds. The molecular weight excluding hydrogens is 644 g/mol. The summed E-state index contributed by atoms with van der Waals surface area (Å²) in [4.78, 5) is 20.4. The number of carboxylic acid groups (broad SMARTS) is 2. The van der Waals surface area contributed by atoms with E-state index in [-0.39, 0.29) is 6.19 Å². The zero-order valence-corrected chi connectivity index (χ0v) is 29.5. The minimum Gasteiger partial charge on any atom is -0.478 e. The number of rotatable bonds is 2. The quantitative estimate of drug-likeness (QED) is 0.141. The maximum absolute atomic E-state index is 10.2. The van der Waals surface area contributed by atoms with Crippen LogP contribution in [0.4, 0.5) is 0 Å². The van der Waals surface area contributed by atoms with Gasteiger partial charge in [-0.15, -0.1) is 11.1 Å². The first-order valence-electron chi connectivity index (χ1n) is 15.5. The predicted molar refractivity (Wildman–Crippen MR) is 191 cm³/mol. The Labute approximate surface area is 295 Å². The Balaban J connectivity index is 0.000000141. The summed E-state index contributed by atoms with van der Waals surface area (Å²) in [7, 11) is 0. The second-order valence-electron chi connectivity index (χ2n) is 11.1. The third-order valence-corrected chi connectivity index (χ3v) is 7.27. The van der Waals surface area contributed by atoms with Gasteiger partial charge in [-0.3, -0.25) is 0 Å². The molecule has 2 N–H and O–H groups in total. The monoisotopic (exact) mass is 680 g/mol. The summed E-state index contributed by atoms with van der Waals surface area (Å²) in [6.45, 7) is 4.54. The van der Waals surface area contributed by atoms with E-state index < -0.39 is 11.9 Å². The molecule has 0 atom stereocenters. The van der Waals surface area contributed by atoms with E-state index in [0.29, 0.717) is 11.1 Å². The van der Waals surface area contributed by atoms with Gasteiger partial charge in [0, 0.05) is 0 Å². The summed E-state index contributed by atoms with van der Waals surface area (Å²) in [6, 6.07) is 52.8. The van der Waals surface area contributed by atoms with Crippen LogP contribution in [0.1, 0.15) is 43.0 Å². The van der Waals surface area contributed by atoms with E-state index in [1.54, 1.807) is 60.7 Å². The summed E-state index contributed by atoms with van der Waals surface area (Å²) in [5.41, 5.74) is 11.7. The zero-order valence-electron chi connectivity index (χ0n) is 27.0. The van der Waals surface area contributed by atoms with Crippen LogP contribution in [-0.2, 0) is 32.0 Å². The SMILES string of the molecule is C[Si](C)=[Ti+2].O=C(O)c1ccccc1.O=C(O)c1ccccc1.[c-]1cccc2c1Cc1ccccc1-2.[c-]1cccc2c1Cc1ccccc1-2. The van der Waals surface area contributed by atoms with Crippen LogP contribution in [0.5, 0.6) is 0 Å². The van der Waals surface area contributed by atoms with Crippen LogP contribution in [0.3, 0.4) is 0 Å². The average Bonchev–Trinajstić information content (AvgIpc) is 3.68. The smallest absolute Gasteiger partial charge is 0.335 e. The molecular formula is C42H36O4SiTi. The largest absolute Gasteiger partial charge is 0.478 e. The zero-order chi connectivity index (χ0) is 34.3. The van der Waals surface area contributed by atoms with Gasteiger partial charge < -0.3 is 10.2 Å². The molecule has 2 aliphatic carbocycles. The third kappa shape index (κ3) is 10.6. The van der Waals surface area contributed by atoms with Crippen molar-refractivity contribution in [1.82, 2.24) is 0 Å². The molecule has 6 aromatic carbocycles. The molecule has 0 saturated carbocycles. The molecule has 6 aromatic rings. The number of carboxylic acids is 2. The van der Waals surface area contributed by atoms with Gasteiger partial charge in [0.25, 0.3) is 0 Å². The number of hydrogen-bond acceptors (Lipinski definition) is 2. The van der Waals surface area contributed by atoms with Crippen molar-refractivity contribution in [3.8, 4) is 22.3 Å². The molecule has 2 aliphatic rings. The molecule has 0 spiro atoms. The van der Waals surface area contributed by atoms with Crippen molar-refractivity contribution >= 4 is 18.1 Å². The van der Waals surface area contributed by atoms with Gasteiger partial charge in [-0.05, 0) is 37.1 Å². The van der Waals surface area contributed by atoms with E-state index in [4.69, 9.17) is 10.2 Å². The molecule has 0 aliphatic heterocycles. The molecule has 0 bridgehead atoms. The fourth-order valence-corrected chi connectivity index (χ4v) is 5.16. The number of fused-ring (bicyclic) bond motifs is 6. The minimum atomic E-state index is -0.879. The van der Waals surface area contributed by atoms with Gasteiger partial charge in [-0.25, -0.2) is 9.59 Å². The Morgan fingerprint density at radius 2 is 0.833 bits per heavy atom. The Hall–Kier alpha value is -4.81. The molecule has 0 aromatic heterocycles. The van der Waals surface area contributed by atoms with Crippen molar-refractivity contribution in [3.05, 3.63) is 191 Å². The first kappa shape index (κ1) is 36.0. The maximum Gasteiger partial charge on any atom is 0.335 e. The van der Waals surface area contributed by atoms with Gasteiger partial charge in [-0.1, -0.05) is 107 Å². The number of aromatic carboxylic acids is 2. The molecule has 4 nitrogen and oxygen atoms in total. The summed E-state index contributed by atoms with van der Waals surface area (Å²) in [6.07, 6.45) is 2.22. The van der Waals surface area contributed by atoms with E-state index in [2.05, 4.69) is 117 Å². The van der Waals surface area contributed by atoms with E-state index in [1.807, 2.05) is 12.1 Å². The normalized spacial score (nSPS) is 10.6. The van der Waals surface area contributed by atoms with Crippen LogP contribution in [0.2, 0.25) is 13.1 Å². The van der Waals surface area contributed by atoms with E-state index in [0.717, 1.165) is 12.8 Å². The van der Waals surface area contributed by atoms with Crippen LogP contribution in [0, 0.1) is 12.1 Å². The van der Waals surface area contributed by atoms with E-state index >= 15 is 0 Å². The van der Waals surface area contributed by atoms with Crippen LogP contribution in [0.15, 0.2) is 146 Å². The van der Waals surface area contributed by atoms with Gasteiger partial charge in [0.15, 0.2) is 0 Å². The van der Waals surface area contributed by atoms with Crippen LogP contribution in [0.25, 0.3) is 22.3 Å². The molecule has 6 heteroatoms. The predicted octanol–water partition coefficient (Wildman–Crippen LogP) is 9.67. The van der Waals surface area contributed by atoms with Crippen LogP contribution >= 0.6 is 0 Å². The Bertz CT molecular complexity index is 1740. The molecule has 48 heavy (non-hydrogen) atoms. The van der Waals surface area contributed by atoms with Gasteiger partial charge >= 0.3 is 50.4 Å². The summed E-state index contributed by atoms with van der Waals surface area (Å²) in [5, 5.41) is 16.8. The summed E-state index contributed by atoms with van der Waals surface area (Å²) >= 11 is 2.27. The standard InChI is InChI=1S/2C13H9.2C7H6O2.C2H6Si.Ti/c2*1-3-7-12-10(5-1)9-11-6-2-4-8-13(11)12;2*8-7(9)6-4-2-1-3-5-6;1-3-2;/h2*1-5,7-8H,9H2;2*1-5H,(H,8,9);1-2H3;/q2*-1;;;;+2. The molecule has 0 fully saturated rings. The average molecular weight is 681 g/mol. The van der Waals surface area contributed by atoms with Crippen LogP contribution < -0.4 is 0 Å². The van der Waals surface area contributed by atoms with E-state index in [1.165, 1.54) is 44.5 Å². The van der Waals surface area contributed by atoms with Crippen molar-refractivity contribution < 1.29 is 39.0 Å². The van der Waals surface area contributed by atoms with Gasteiger partial charge in [0.2, 0.25) is 0 Å². The molecule has 236 valence electrons. The fraction of sp³-hybridized carbons (Fsp3) is 0.0952. The Morgan fingerprint density at radius 3 is 1.17 bits per heavy atom. The first-order valence-corrected chi connectivity index (χ1v) is 20.3. The second kappa shape index (κ2) is 18.5. The summed E-state index contributed by atoms with van der Waals surface area (Å²) < 4.78 is 0. The van der Waals surface area contributed by atoms with Crippen molar-refractivity contribution in [2.24, 2.45) is 0 Å². The number of benzene rings is 6. The van der Waals surface area contributed by atoms with Crippen LogP contribution in [-0.4, -0.2) is 28.3 Å². The second-order valence-corrected chi connectivity index (χ2v) is 17.8. The van der Waals surface area contributed by atoms with Crippen molar-refractivity contribution in [2.45, 2.75) is 25.9 Å². The summed E-state index contributed by atoms with van der Waals surface area (Å²) in [5.74, 6) is -1.76. The van der Waals surface area contributed by atoms with Gasteiger partial charge in [0.1, 0.15) is 0 Å². The van der Waals surface area contributed by atoms with E-state index in [9.17, 15) is 9.59 Å². The minimum absolute atomic E-state index is 0.120. The third-order valence-electron chi connectivity index (χ3n) is 7.27. The molecule has 0 unspecified atom stereocenters. The van der Waals surface area contributed by atoms with Gasteiger partial charge in [0.05, 0.1) is 11.1 Å². The van der Waals surface area contributed by atoms with Crippen molar-refractivity contribution in [3.63, 3.8) is 0 Å². The first-order chi connectivity index (χ1) is 23.2. The number of hydrogen-bond donors (Lipinski definition) is 2. The molecule has 8 rings (SSSR count). The Kier molecular flexibility index (Phi) is 13.9. The topological polar surface area (TPSA) is 74.6 Å². The number of carbonyl (C=O) groups is 2. The molecule has 0 radical (unpaired) electrons. The fourth-order valence-electron chi connectivity index (χ4n) is 5.16. The van der Waals surface area contributed by atoms with Gasteiger partial charge in [-0.2, -0.15) is 59.7 Å². The van der Waals surface area contributed by atoms with Crippen molar-refractivity contribution in [1.29, 1.82) is 0 Å². The molecule has 0 saturated heterocycles.